The van der Waals surface area contributed by atoms with E-state index in [-0.39, 0.29) is 0 Å². The molecule has 0 bridgehead atoms. The first-order valence-electron chi connectivity index (χ1n) is 4.93. The number of nitrogens with zero attached hydrogens (tertiary/aromatic N) is 2. The number of thiol groups is 1. The van der Waals surface area contributed by atoms with Gasteiger partial charge in [-0.25, -0.2) is 0 Å². The minimum Gasteiger partial charge on any atom is -0.272 e. The molecule has 0 atom stereocenters. The van der Waals surface area contributed by atoms with Crippen LogP contribution in [-0.2, 0) is 6.54 Å². The molecule has 0 aliphatic rings. The van der Waals surface area contributed by atoms with Crippen molar-refractivity contribution in [1.82, 2.24) is 9.78 Å². The number of aromatic nitrogens is 2. The molecule has 0 aliphatic carbocycles. The Balaban J connectivity index is 2.06. The average Bonchev–Trinajstić information content (AvgIpc) is 2.51. The van der Waals surface area contributed by atoms with Crippen molar-refractivity contribution in [3.63, 3.8) is 0 Å². The van der Waals surface area contributed by atoms with Gasteiger partial charge in [-0.2, -0.15) is 17.7 Å². The van der Waals surface area contributed by atoms with Crippen molar-refractivity contribution in [2.45, 2.75) is 39.2 Å². The zero-order valence-corrected chi connectivity index (χ0v) is 9.13. The van der Waals surface area contributed by atoms with E-state index < -0.39 is 0 Å². The lowest BCUT2D eigenvalue weighted by atomic mass is 10.2. The lowest BCUT2D eigenvalue weighted by Crippen LogP contribution is -1.97. The van der Waals surface area contributed by atoms with Crippen LogP contribution in [0.3, 0.4) is 0 Å². The zero-order valence-electron chi connectivity index (χ0n) is 8.24. The molecule has 0 N–H and O–H groups in total. The highest BCUT2D eigenvalue weighted by Gasteiger charge is 1.93. The van der Waals surface area contributed by atoms with Gasteiger partial charge in [0.1, 0.15) is 0 Å². The van der Waals surface area contributed by atoms with Gasteiger partial charge in [0.25, 0.3) is 0 Å². The molecule has 0 aliphatic heterocycles. The number of unbranched alkanes of at least 4 members (excludes halogenated alkanes) is 3. The van der Waals surface area contributed by atoms with Crippen molar-refractivity contribution in [2.75, 3.05) is 5.75 Å². The van der Waals surface area contributed by atoms with Gasteiger partial charge in [-0.3, -0.25) is 4.68 Å². The summed E-state index contributed by atoms with van der Waals surface area (Å²) in [5.41, 5.74) is 1.25. The van der Waals surface area contributed by atoms with Crippen molar-refractivity contribution in [1.29, 1.82) is 0 Å². The molecule has 0 amide bonds. The summed E-state index contributed by atoms with van der Waals surface area (Å²) in [5.74, 6) is 1.01. The monoisotopic (exact) mass is 198 g/mol. The summed E-state index contributed by atoms with van der Waals surface area (Å²) in [4.78, 5) is 0. The molecular formula is C10H18N2S. The predicted molar refractivity (Wildman–Crippen MR) is 59.3 cm³/mol. The normalized spacial score (nSPS) is 10.6. The number of aryl methyl sites for hydroxylation is 2. The highest BCUT2D eigenvalue weighted by molar-refractivity contribution is 7.80. The van der Waals surface area contributed by atoms with E-state index in [2.05, 4.69) is 30.8 Å². The van der Waals surface area contributed by atoms with Crippen LogP contribution in [0.5, 0.6) is 0 Å². The van der Waals surface area contributed by atoms with Crippen LogP contribution in [0.15, 0.2) is 12.4 Å². The standard InChI is InChI=1S/C10H18N2S/c1-10-8-11-12(9-10)6-4-2-3-5-7-13/h8-9,13H,2-7H2,1H3. The van der Waals surface area contributed by atoms with Crippen LogP contribution in [0, 0.1) is 6.92 Å². The highest BCUT2D eigenvalue weighted by atomic mass is 32.1. The van der Waals surface area contributed by atoms with Gasteiger partial charge >= 0.3 is 0 Å². The summed E-state index contributed by atoms with van der Waals surface area (Å²) in [6.07, 6.45) is 9.06. The lowest BCUT2D eigenvalue weighted by molar-refractivity contribution is 0.542. The van der Waals surface area contributed by atoms with Crippen LogP contribution in [0.2, 0.25) is 0 Å². The van der Waals surface area contributed by atoms with Crippen molar-refractivity contribution in [3.05, 3.63) is 18.0 Å². The maximum Gasteiger partial charge on any atom is 0.0518 e. The predicted octanol–water partition coefficient (Wildman–Crippen LogP) is 2.68. The molecule has 74 valence electrons. The van der Waals surface area contributed by atoms with Gasteiger partial charge in [-0.05, 0) is 31.1 Å². The number of rotatable bonds is 6. The summed E-state index contributed by atoms with van der Waals surface area (Å²) >= 11 is 4.18. The number of hydrogen-bond acceptors (Lipinski definition) is 2. The van der Waals surface area contributed by atoms with E-state index in [1.54, 1.807) is 0 Å². The number of hydrogen-bond donors (Lipinski definition) is 1. The topological polar surface area (TPSA) is 17.8 Å². The van der Waals surface area contributed by atoms with E-state index in [1.165, 1.54) is 31.2 Å². The maximum absolute atomic E-state index is 4.24. The Labute approximate surface area is 85.7 Å². The van der Waals surface area contributed by atoms with Crippen molar-refractivity contribution < 1.29 is 0 Å². The highest BCUT2D eigenvalue weighted by Crippen LogP contribution is 2.03. The molecule has 0 unspecified atom stereocenters. The molecule has 2 nitrogen and oxygen atoms in total. The smallest absolute Gasteiger partial charge is 0.0518 e. The third kappa shape index (κ3) is 4.36. The van der Waals surface area contributed by atoms with Gasteiger partial charge in [0.05, 0.1) is 6.20 Å². The van der Waals surface area contributed by atoms with E-state index in [0.29, 0.717) is 0 Å². The lowest BCUT2D eigenvalue weighted by Gasteiger charge is -2.00. The zero-order chi connectivity index (χ0) is 9.52. The third-order valence-electron chi connectivity index (χ3n) is 2.06. The van der Waals surface area contributed by atoms with Crippen molar-refractivity contribution in [2.24, 2.45) is 0 Å². The molecule has 0 fully saturated rings. The fraction of sp³-hybridized carbons (Fsp3) is 0.700. The van der Waals surface area contributed by atoms with Crippen molar-refractivity contribution >= 4 is 12.6 Å². The second-order valence-electron chi connectivity index (χ2n) is 3.42. The molecular weight excluding hydrogens is 180 g/mol. The second-order valence-corrected chi connectivity index (χ2v) is 3.87. The quantitative estimate of drug-likeness (QED) is 0.549. The third-order valence-corrected chi connectivity index (χ3v) is 2.37. The van der Waals surface area contributed by atoms with Gasteiger partial charge in [-0.15, -0.1) is 0 Å². The molecule has 0 aromatic carbocycles. The van der Waals surface area contributed by atoms with Crippen LogP contribution in [0.1, 0.15) is 31.2 Å². The summed E-state index contributed by atoms with van der Waals surface area (Å²) in [7, 11) is 0. The van der Waals surface area contributed by atoms with Crippen LogP contribution >= 0.6 is 12.6 Å². The van der Waals surface area contributed by atoms with Crippen LogP contribution < -0.4 is 0 Å². The van der Waals surface area contributed by atoms with E-state index in [0.717, 1.165) is 12.3 Å². The van der Waals surface area contributed by atoms with Crippen LogP contribution in [0.4, 0.5) is 0 Å². The Morgan fingerprint density at radius 2 is 2.08 bits per heavy atom. The Bertz CT molecular complexity index is 233. The molecule has 1 aromatic heterocycles. The first-order valence-corrected chi connectivity index (χ1v) is 5.56. The molecule has 0 saturated heterocycles. The first kappa shape index (κ1) is 10.6. The first-order chi connectivity index (χ1) is 6.33. The van der Waals surface area contributed by atoms with Gasteiger partial charge in [0.15, 0.2) is 0 Å². The van der Waals surface area contributed by atoms with E-state index in [9.17, 15) is 0 Å². The van der Waals surface area contributed by atoms with Crippen molar-refractivity contribution in [3.8, 4) is 0 Å². The largest absolute Gasteiger partial charge is 0.272 e. The van der Waals surface area contributed by atoms with Crippen LogP contribution in [-0.4, -0.2) is 15.5 Å². The molecule has 13 heavy (non-hydrogen) atoms. The fourth-order valence-corrected chi connectivity index (χ4v) is 1.55. The van der Waals surface area contributed by atoms with E-state index >= 15 is 0 Å². The van der Waals surface area contributed by atoms with Gasteiger partial charge in [-0.1, -0.05) is 12.8 Å². The molecule has 0 saturated carbocycles. The Morgan fingerprint density at radius 3 is 2.69 bits per heavy atom. The molecule has 0 radical (unpaired) electrons. The van der Waals surface area contributed by atoms with E-state index in [1.807, 2.05) is 10.9 Å². The van der Waals surface area contributed by atoms with E-state index in [4.69, 9.17) is 0 Å². The van der Waals surface area contributed by atoms with Crippen LogP contribution in [0.25, 0.3) is 0 Å². The molecule has 1 aromatic rings. The Kier molecular flexibility index (Phi) is 4.98. The molecule has 0 spiro atoms. The minimum absolute atomic E-state index is 1.01. The summed E-state index contributed by atoms with van der Waals surface area (Å²) in [6.45, 7) is 3.13. The summed E-state index contributed by atoms with van der Waals surface area (Å²) in [6, 6.07) is 0. The average molecular weight is 198 g/mol. The Hall–Kier alpha value is -0.440. The fourth-order valence-electron chi connectivity index (χ4n) is 1.33. The summed E-state index contributed by atoms with van der Waals surface area (Å²) in [5, 5.41) is 4.24. The summed E-state index contributed by atoms with van der Waals surface area (Å²) < 4.78 is 2.02. The second kappa shape index (κ2) is 6.08. The Morgan fingerprint density at radius 1 is 1.31 bits per heavy atom. The molecule has 3 heteroatoms. The SMILES string of the molecule is Cc1cnn(CCCCCCS)c1. The molecule has 1 heterocycles. The minimum atomic E-state index is 1.01. The maximum atomic E-state index is 4.24. The van der Waals surface area contributed by atoms with Gasteiger partial charge < -0.3 is 0 Å². The molecule has 1 rings (SSSR count). The van der Waals surface area contributed by atoms with Gasteiger partial charge in [0, 0.05) is 12.7 Å². The van der Waals surface area contributed by atoms with Gasteiger partial charge in [0.2, 0.25) is 0 Å².